The minimum absolute atomic E-state index is 0.0220. The van der Waals surface area contributed by atoms with Crippen molar-refractivity contribution in [3.8, 4) is 0 Å². The van der Waals surface area contributed by atoms with Crippen molar-refractivity contribution in [2.75, 3.05) is 19.6 Å². The van der Waals surface area contributed by atoms with E-state index < -0.39 is 5.60 Å². The second-order valence-corrected chi connectivity index (χ2v) is 5.22. The molecule has 3 fully saturated rings. The Labute approximate surface area is 89.6 Å². The van der Waals surface area contributed by atoms with Crippen LogP contribution in [0.15, 0.2) is 0 Å². The van der Waals surface area contributed by atoms with Crippen LogP contribution in [0.4, 0.5) is 0 Å². The molecule has 0 aromatic rings. The van der Waals surface area contributed by atoms with Crippen LogP contribution in [-0.2, 0) is 4.79 Å². The lowest BCUT2D eigenvalue weighted by atomic mass is 9.88. The first-order valence-electron chi connectivity index (χ1n) is 5.94. The topological polar surface area (TPSA) is 52.6 Å². The third-order valence-corrected chi connectivity index (χ3v) is 3.94. The monoisotopic (exact) mass is 210 g/mol. The van der Waals surface area contributed by atoms with E-state index in [1.807, 2.05) is 0 Å². The van der Waals surface area contributed by atoms with Gasteiger partial charge in [-0.2, -0.15) is 0 Å². The van der Waals surface area contributed by atoms with Crippen LogP contribution in [0.2, 0.25) is 0 Å². The van der Waals surface area contributed by atoms with Crippen molar-refractivity contribution in [3.05, 3.63) is 0 Å². The van der Waals surface area contributed by atoms with Crippen LogP contribution in [-0.4, -0.2) is 47.2 Å². The molecular formula is C11H18N2O2. The van der Waals surface area contributed by atoms with E-state index in [0.717, 1.165) is 32.2 Å². The molecule has 1 unspecified atom stereocenters. The maximum absolute atomic E-state index is 11.9. The van der Waals surface area contributed by atoms with Gasteiger partial charge in [-0.15, -0.1) is 0 Å². The molecule has 1 saturated carbocycles. The summed E-state index contributed by atoms with van der Waals surface area (Å²) < 4.78 is 0. The smallest absolute Gasteiger partial charge is 0.239 e. The Morgan fingerprint density at radius 1 is 1.33 bits per heavy atom. The Morgan fingerprint density at radius 3 is 2.60 bits per heavy atom. The second-order valence-electron chi connectivity index (χ2n) is 5.22. The Morgan fingerprint density at radius 2 is 2.07 bits per heavy atom. The Bertz CT molecular complexity index is 276. The minimum Gasteiger partial charge on any atom is -0.386 e. The molecule has 3 rings (SSSR count). The fourth-order valence-electron chi connectivity index (χ4n) is 2.77. The Kier molecular flexibility index (Phi) is 2.04. The van der Waals surface area contributed by atoms with Crippen LogP contribution in [0.3, 0.4) is 0 Å². The normalized spacial score (nSPS) is 33.9. The lowest BCUT2D eigenvalue weighted by molar-refractivity contribution is -0.161. The van der Waals surface area contributed by atoms with Crippen LogP contribution in [0.25, 0.3) is 0 Å². The zero-order chi connectivity index (χ0) is 10.5. The average molecular weight is 210 g/mol. The van der Waals surface area contributed by atoms with Gasteiger partial charge in [-0.05, 0) is 38.1 Å². The number of amides is 1. The van der Waals surface area contributed by atoms with Gasteiger partial charge in [0.2, 0.25) is 5.91 Å². The van der Waals surface area contributed by atoms with E-state index in [9.17, 15) is 9.90 Å². The standard InChI is InChI=1S/C11H18N2O2/c14-10(9-2-1-5-12-9)13-6-11(15,7-13)8-3-4-8/h8-9,12,15H,1-7H2. The average Bonchev–Trinajstić information content (AvgIpc) is 2.89. The largest absolute Gasteiger partial charge is 0.386 e. The van der Waals surface area contributed by atoms with E-state index in [4.69, 9.17) is 0 Å². The highest BCUT2D eigenvalue weighted by molar-refractivity contribution is 5.83. The maximum Gasteiger partial charge on any atom is 0.239 e. The van der Waals surface area contributed by atoms with Crippen LogP contribution in [0.1, 0.15) is 25.7 Å². The van der Waals surface area contributed by atoms with Crippen LogP contribution in [0.5, 0.6) is 0 Å². The van der Waals surface area contributed by atoms with Gasteiger partial charge in [0.25, 0.3) is 0 Å². The molecule has 1 aliphatic carbocycles. The number of β-amino-alcohol motifs (C(OH)–C–C–N with tert-alkyl or cyclic N) is 1. The van der Waals surface area contributed by atoms with Crippen molar-refractivity contribution in [1.82, 2.24) is 10.2 Å². The zero-order valence-corrected chi connectivity index (χ0v) is 8.91. The number of likely N-dealkylation sites (tertiary alicyclic amines) is 1. The van der Waals surface area contributed by atoms with Crippen LogP contribution in [0, 0.1) is 5.92 Å². The van der Waals surface area contributed by atoms with E-state index in [2.05, 4.69) is 5.32 Å². The summed E-state index contributed by atoms with van der Waals surface area (Å²) in [4.78, 5) is 13.7. The van der Waals surface area contributed by atoms with Gasteiger partial charge in [0.05, 0.1) is 19.1 Å². The van der Waals surface area contributed by atoms with Crippen molar-refractivity contribution >= 4 is 5.91 Å². The minimum atomic E-state index is -0.533. The van der Waals surface area contributed by atoms with Gasteiger partial charge >= 0.3 is 0 Å². The van der Waals surface area contributed by atoms with Gasteiger partial charge in [-0.25, -0.2) is 0 Å². The predicted molar refractivity (Wildman–Crippen MR) is 55.3 cm³/mol. The predicted octanol–water partition coefficient (Wildman–Crippen LogP) is -0.278. The lowest BCUT2D eigenvalue weighted by Gasteiger charge is -2.47. The van der Waals surface area contributed by atoms with E-state index in [0.29, 0.717) is 19.0 Å². The number of aliphatic hydroxyl groups is 1. The molecule has 4 nitrogen and oxygen atoms in total. The number of nitrogens with zero attached hydrogens (tertiary/aromatic N) is 1. The van der Waals surface area contributed by atoms with Gasteiger partial charge in [0.1, 0.15) is 5.60 Å². The molecule has 0 radical (unpaired) electrons. The molecular weight excluding hydrogens is 192 g/mol. The molecule has 0 aromatic carbocycles. The highest BCUT2D eigenvalue weighted by atomic mass is 16.3. The molecule has 84 valence electrons. The molecule has 0 spiro atoms. The summed E-state index contributed by atoms with van der Waals surface area (Å²) in [6, 6.07) is 0.0220. The molecule has 4 heteroatoms. The molecule has 3 aliphatic rings. The van der Waals surface area contributed by atoms with Gasteiger partial charge < -0.3 is 15.3 Å². The Balaban J connectivity index is 1.55. The molecule has 2 aliphatic heterocycles. The van der Waals surface area contributed by atoms with Crippen molar-refractivity contribution in [3.63, 3.8) is 0 Å². The summed E-state index contributed by atoms with van der Waals surface area (Å²) in [5.41, 5.74) is -0.533. The highest BCUT2D eigenvalue weighted by Gasteiger charge is 2.53. The van der Waals surface area contributed by atoms with E-state index in [1.165, 1.54) is 0 Å². The number of hydrogen-bond donors (Lipinski definition) is 2. The summed E-state index contributed by atoms with van der Waals surface area (Å²) >= 11 is 0. The van der Waals surface area contributed by atoms with Crippen molar-refractivity contribution in [1.29, 1.82) is 0 Å². The lowest BCUT2D eigenvalue weighted by Crippen LogP contribution is -2.66. The summed E-state index contributed by atoms with van der Waals surface area (Å²) in [5, 5.41) is 13.3. The first kappa shape index (κ1) is 9.60. The van der Waals surface area contributed by atoms with Gasteiger partial charge in [-0.1, -0.05) is 0 Å². The fraction of sp³-hybridized carbons (Fsp3) is 0.909. The van der Waals surface area contributed by atoms with Gasteiger partial charge in [-0.3, -0.25) is 4.79 Å². The molecule has 1 amide bonds. The third kappa shape index (κ3) is 1.56. The van der Waals surface area contributed by atoms with Crippen molar-refractivity contribution < 1.29 is 9.90 Å². The second kappa shape index (κ2) is 3.19. The van der Waals surface area contributed by atoms with E-state index in [-0.39, 0.29) is 11.9 Å². The van der Waals surface area contributed by atoms with Gasteiger partial charge in [0, 0.05) is 0 Å². The summed E-state index contributed by atoms with van der Waals surface area (Å²) in [5.74, 6) is 0.663. The summed E-state index contributed by atoms with van der Waals surface area (Å²) in [6.45, 7) is 2.08. The maximum atomic E-state index is 11.9. The van der Waals surface area contributed by atoms with Crippen molar-refractivity contribution in [2.45, 2.75) is 37.3 Å². The van der Waals surface area contributed by atoms with Crippen molar-refractivity contribution in [2.24, 2.45) is 5.92 Å². The fourth-order valence-corrected chi connectivity index (χ4v) is 2.77. The quantitative estimate of drug-likeness (QED) is 0.659. The molecule has 2 saturated heterocycles. The SMILES string of the molecule is O=C(C1CCCN1)N1CC(O)(C2CC2)C1. The number of nitrogens with one attached hydrogen (secondary N) is 1. The third-order valence-electron chi connectivity index (χ3n) is 3.94. The summed E-state index contributed by atoms with van der Waals surface area (Å²) in [7, 11) is 0. The zero-order valence-electron chi connectivity index (χ0n) is 8.91. The first-order valence-corrected chi connectivity index (χ1v) is 5.94. The molecule has 0 bridgehead atoms. The van der Waals surface area contributed by atoms with E-state index in [1.54, 1.807) is 4.90 Å². The van der Waals surface area contributed by atoms with Gasteiger partial charge in [0.15, 0.2) is 0 Å². The first-order chi connectivity index (χ1) is 7.19. The molecule has 2 heterocycles. The Hall–Kier alpha value is -0.610. The van der Waals surface area contributed by atoms with E-state index >= 15 is 0 Å². The number of hydrogen-bond acceptors (Lipinski definition) is 3. The number of carbonyl (C=O) groups excluding carboxylic acids is 1. The summed E-state index contributed by atoms with van der Waals surface area (Å²) in [6.07, 6.45) is 4.33. The molecule has 15 heavy (non-hydrogen) atoms. The molecule has 2 N–H and O–H groups in total. The highest BCUT2D eigenvalue weighted by Crippen LogP contribution is 2.44. The molecule has 1 atom stereocenters. The number of rotatable bonds is 2. The number of carbonyl (C=O) groups is 1. The van der Waals surface area contributed by atoms with Crippen LogP contribution < -0.4 is 5.32 Å². The van der Waals surface area contributed by atoms with Crippen LogP contribution >= 0.6 is 0 Å². The molecule has 0 aromatic heterocycles.